The van der Waals surface area contributed by atoms with E-state index < -0.39 is 0 Å². The van der Waals surface area contributed by atoms with Crippen molar-refractivity contribution in [1.29, 1.82) is 0 Å². The summed E-state index contributed by atoms with van der Waals surface area (Å²) in [5.41, 5.74) is 2.48. The van der Waals surface area contributed by atoms with Gasteiger partial charge in [-0.3, -0.25) is 4.99 Å². The maximum Gasteiger partial charge on any atom is 0.191 e. The highest BCUT2D eigenvalue weighted by atomic mass is 32.1. The molecule has 1 heterocycles. The van der Waals surface area contributed by atoms with Gasteiger partial charge in [-0.15, -0.1) is 11.3 Å². The van der Waals surface area contributed by atoms with Crippen molar-refractivity contribution in [1.82, 2.24) is 10.6 Å². The molecule has 1 aromatic carbocycles. The summed E-state index contributed by atoms with van der Waals surface area (Å²) in [5.74, 6) is 0.820. The van der Waals surface area contributed by atoms with Crippen molar-refractivity contribution in [3.05, 3.63) is 57.8 Å². The van der Waals surface area contributed by atoms with Crippen LogP contribution in [0.4, 0.5) is 0 Å². The van der Waals surface area contributed by atoms with E-state index in [4.69, 9.17) is 4.74 Å². The number of nitrogens with one attached hydrogen (secondary N) is 2. The number of benzene rings is 1. The van der Waals surface area contributed by atoms with E-state index in [1.54, 1.807) is 25.5 Å². The fraction of sp³-hybridized carbons (Fsp3) is 0.421. The molecule has 0 radical (unpaired) electrons. The summed E-state index contributed by atoms with van der Waals surface area (Å²) in [6, 6.07) is 12.7. The van der Waals surface area contributed by atoms with E-state index in [1.165, 1.54) is 16.0 Å². The lowest BCUT2D eigenvalue weighted by molar-refractivity contribution is 0.185. The summed E-state index contributed by atoms with van der Waals surface area (Å²) in [4.78, 5) is 5.69. The number of hydrogen-bond acceptors (Lipinski definition) is 3. The standard InChI is InChI=1S/C19H27N3OS/c1-19(2,17-6-5-11-24-17)14-22-18(20-3)21-12-15-7-9-16(10-8-15)13-23-4/h5-11H,12-14H2,1-4H3,(H2,20,21,22). The molecule has 2 rings (SSSR count). The molecule has 2 N–H and O–H groups in total. The second-order valence-electron chi connectivity index (χ2n) is 6.39. The van der Waals surface area contributed by atoms with E-state index >= 15 is 0 Å². The fourth-order valence-corrected chi connectivity index (χ4v) is 3.23. The lowest BCUT2D eigenvalue weighted by atomic mass is 9.91. The zero-order chi connectivity index (χ0) is 17.4. The highest BCUT2D eigenvalue weighted by Crippen LogP contribution is 2.26. The first-order chi connectivity index (χ1) is 11.5. The van der Waals surface area contributed by atoms with Crippen molar-refractivity contribution in [2.75, 3.05) is 20.7 Å². The Hall–Kier alpha value is -1.85. The van der Waals surface area contributed by atoms with Crippen LogP contribution in [0.25, 0.3) is 0 Å². The first kappa shape index (κ1) is 18.5. The average molecular weight is 346 g/mol. The molecule has 1 aromatic heterocycles. The van der Waals surface area contributed by atoms with Gasteiger partial charge in [0.15, 0.2) is 5.96 Å². The molecule has 0 amide bonds. The van der Waals surface area contributed by atoms with E-state index in [0.29, 0.717) is 6.61 Å². The van der Waals surface area contributed by atoms with Gasteiger partial charge >= 0.3 is 0 Å². The molecule has 0 saturated carbocycles. The van der Waals surface area contributed by atoms with Crippen LogP contribution in [0, 0.1) is 0 Å². The van der Waals surface area contributed by atoms with Gasteiger partial charge in [0.2, 0.25) is 0 Å². The molecular weight excluding hydrogens is 318 g/mol. The molecule has 5 heteroatoms. The Labute approximate surface area is 149 Å². The third kappa shape index (κ3) is 5.35. The molecule has 0 aliphatic carbocycles. The van der Waals surface area contributed by atoms with Crippen LogP contribution < -0.4 is 10.6 Å². The second-order valence-corrected chi connectivity index (χ2v) is 7.34. The van der Waals surface area contributed by atoms with Gasteiger partial charge in [0.05, 0.1) is 6.61 Å². The van der Waals surface area contributed by atoms with Gasteiger partial charge in [0, 0.05) is 37.5 Å². The van der Waals surface area contributed by atoms with E-state index in [0.717, 1.165) is 19.0 Å². The summed E-state index contributed by atoms with van der Waals surface area (Å²) in [6.07, 6.45) is 0. The number of hydrogen-bond donors (Lipinski definition) is 2. The molecule has 0 saturated heterocycles. The predicted octanol–water partition coefficient (Wildman–Crippen LogP) is 3.54. The SMILES string of the molecule is CN=C(NCc1ccc(COC)cc1)NCC(C)(C)c1cccs1. The summed E-state index contributed by atoms with van der Waals surface area (Å²) in [7, 11) is 3.51. The van der Waals surface area contributed by atoms with Gasteiger partial charge in [0.25, 0.3) is 0 Å². The number of guanidine groups is 1. The molecule has 130 valence electrons. The van der Waals surface area contributed by atoms with E-state index in [-0.39, 0.29) is 5.41 Å². The van der Waals surface area contributed by atoms with Crippen LogP contribution in [0.5, 0.6) is 0 Å². The van der Waals surface area contributed by atoms with Crippen LogP contribution in [0.2, 0.25) is 0 Å². The normalized spacial score (nSPS) is 12.2. The Morgan fingerprint density at radius 2 is 1.83 bits per heavy atom. The van der Waals surface area contributed by atoms with Gasteiger partial charge < -0.3 is 15.4 Å². The Bertz CT molecular complexity index is 633. The van der Waals surface area contributed by atoms with Crippen molar-refractivity contribution >= 4 is 17.3 Å². The van der Waals surface area contributed by atoms with Crippen LogP contribution in [0.15, 0.2) is 46.8 Å². The predicted molar refractivity (Wildman–Crippen MR) is 103 cm³/mol. The molecule has 24 heavy (non-hydrogen) atoms. The van der Waals surface area contributed by atoms with E-state index in [9.17, 15) is 0 Å². The third-order valence-electron chi connectivity index (χ3n) is 3.90. The quantitative estimate of drug-likeness (QED) is 0.596. The summed E-state index contributed by atoms with van der Waals surface area (Å²) in [6.45, 7) is 6.71. The third-order valence-corrected chi connectivity index (χ3v) is 5.14. The van der Waals surface area contributed by atoms with E-state index in [2.05, 4.69) is 71.3 Å². The van der Waals surface area contributed by atoms with Crippen molar-refractivity contribution in [2.45, 2.75) is 32.4 Å². The molecule has 0 fully saturated rings. The molecule has 4 nitrogen and oxygen atoms in total. The lowest BCUT2D eigenvalue weighted by Gasteiger charge is -2.25. The van der Waals surface area contributed by atoms with Gasteiger partial charge in [0.1, 0.15) is 0 Å². The highest BCUT2D eigenvalue weighted by Gasteiger charge is 2.21. The van der Waals surface area contributed by atoms with Crippen LogP contribution in [0.3, 0.4) is 0 Å². The lowest BCUT2D eigenvalue weighted by Crippen LogP contribution is -2.42. The van der Waals surface area contributed by atoms with Gasteiger partial charge in [-0.2, -0.15) is 0 Å². The molecule has 0 unspecified atom stereocenters. The summed E-state index contributed by atoms with van der Waals surface area (Å²) in [5, 5.41) is 8.91. The Morgan fingerprint density at radius 3 is 2.42 bits per heavy atom. The number of thiophene rings is 1. The molecule has 0 spiro atoms. The Balaban J connectivity index is 1.84. The van der Waals surface area contributed by atoms with Gasteiger partial charge in [-0.25, -0.2) is 0 Å². The molecule has 0 bridgehead atoms. The topological polar surface area (TPSA) is 45.7 Å². The summed E-state index contributed by atoms with van der Waals surface area (Å²) < 4.78 is 5.13. The zero-order valence-corrected chi connectivity index (χ0v) is 15.7. The first-order valence-corrected chi connectivity index (χ1v) is 8.98. The molecule has 2 aromatic rings. The number of nitrogens with zero attached hydrogens (tertiary/aromatic N) is 1. The smallest absolute Gasteiger partial charge is 0.191 e. The minimum Gasteiger partial charge on any atom is -0.380 e. The molecular formula is C19H27N3OS. The fourth-order valence-electron chi connectivity index (χ4n) is 2.38. The van der Waals surface area contributed by atoms with Crippen LogP contribution in [-0.4, -0.2) is 26.7 Å². The largest absolute Gasteiger partial charge is 0.380 e. The molecule has 0 aliphatic rings. The van der Waals surface area contributed by atoms with Crippen molar-refractivity contribution < 1.29 is 4.74 Å². The monoisotopic (exact) mass is 345 g/mol. The van der Waals surface area contributed by atoms with Crippen LogP contribution >= 0.6 is 11.3 Å². The van der Waals surface area contributed by atoms with Crippen molar-refractivity contribution in [3.8, 4) is 0 Å². The average Bonchev–Trinajstić information content (AvgIpc) is 3.12. The van der Waals surface area contributed by atoms with Crippen LogP contribution in [0.1, 0.15) is 29.9 Å². The molecule has 0 aliphatic heterocycles. The Morgan fingerprint density at radius 1 is 1.12 bits per heavy atom. The first-order valence-electron chi connectivity index (χ1n) is 8.10. The number of ether oxygens (including phenoxy) is 1. The molecule has 0 atom stereocenters. The number of rotatable bonds is 7. The van der Waals surface area contributed by atoms with Gasteiger partial charge in [-0.1, -0.05) is 44.2 Å². The van der Waals surface area contributed by atoms with Gasteiger partial charge in [-0.05, 0) is 22.6 Å². The van der Waals surface area contributed by atoms with Crippen LogP contribution in [-0.2, 0) is 23.3 Å². The zero-order valence-electron chi connectivity index (χ0n) is 14.9. The maximum atomic E-state index is 5.13. The van der Waals surface area contributed by atoms with Crippen molar-refractivity contribution in [2.24, 2.45) is 4.99 Å². The van der Waals surface area contributed by atoms with E-state index in [1.807, 2.05) is 0 Å². The number of methoxy groups -OCH3 is 1. The Kier molecular flexibility index (Phi) is 6.82. The minimum absolute atomic E-state index is 0.0770. The highest BCUT2D eigenvalue weighted by molar-refractivity contribution is 7.10. The van der Waals surface area contributed by atoms with Crippen molar-refractivity contribution in [3.63, 3.8) is 0 Å². The minimum atomic E-state index is 0.0770. The second kappa shape index (κ2) is 8.85. The summed E-state index contributed by atoms with van der Waals surface area (Å²) >= 11 is 1.79. The maximum absolute atomic E-state index is 5.13. The number of aliphatic imine (C=N–C) groups is 1.